The van der Waals surface area contributed by atoms with Crippen LogP contribution in [0, 0.1) is 5.82 Å². The molecule has 8 nitrogen and oxygen atoms in total. The molecule has 0 spiro atoms. The lowest BCUT2D eigenvalue weighted by atomic mass is 10.1. The number of aromatic nitrogens is 1. The molecule has 0 bridgehead atoms. The Bertz CT molecular complexity index is 1480. The van der Waals surface area contributed by atoms with Gasteiger partial charge in [-0.25, -0.2) is 9.18 Å². The fourth-order valence-electron chi connectivity index (χ4n) is 4.43. The van der Waals surface area contributed by atoms with Crippen molar-refractivity contribution in [3.05, 3.63) is 84.3 Å². The van der Waals surface area contributed by atoms with Crippen LogP contribution in [-0.2, 0) is 11.3 Å². The topological polar surface area (TPSA) is 82.0 Å². The highest BCUT2D eigenvalue weighted by Crippen LogP contribution is 2.36. The summed E-state index contributed by atoms with van der Waals surface area (Å²) in [5, 5.41) is 3.57. The second-order valence-corrected chi connectivity index (χ2v) is 8.84. The number of ether oxygens (including phenoxy) is 3. The van der Waals surface area contributed by atoms with E-state index in [4.69, 9.17) is 14.2 Å². The second-order valence-electron chi connectivity index (χ2n) is 8.84. The Kier molecular flexibility index (Phi) is 7.17. The van der Waals surface area contributed by atoms with Crippen molar-refractivity contribution < 1.29 is 28.2 Å². The van der Waals surface area contributed by atoms with Gasteiger partial charge in [0.2, 0.25) is 6.10 Å². The molecule has 1 unspecified atom stereocenters. The Morgan fingerprint density at radius 3 is 2.61 bits per heavy atom. The molecule has 0 fully saturated rings. The zero-order valence-corrected chi connectivity index (χ0v) is 21.1. The SMILES string of the molecule is CCN(CC)C(=O)Oc1ccc2c(ccn2Cc2cccc(F)c2)c1NC(=O)C1COc2ccccc2O1. The summed E-state index contributed by atoms with van der Waals surface area (Å²) in [7, 11) is 0. The van der Waals surface area contributed by atoms with Gasteiger partial charge in [0.15, 0.2) is 17.2 Å². The summed E-state index contributed by atoms with van der Waals surface area (Å²) in [5.41, 5.74) is 1.91. The van der Waals surface area contributed by atoms with E-state index >= 15 is 0 Å². The van der Waals surface area contributed by atoms with Crippen LogP contribution in [-0.4, -0.2) is 47.3 Å². The van der Waals surface area contributed by atoms with Gasteiger partial charge in [-0.2, -0.15) is 0 Å². The van der Waals surface area contributed by atoms with Crippen molar-refractivity contribution in [2.45, 2.75) is 26.5 Å². The largest absolute Gasteiger partial charge is 0.485 e. The van der Waals surface area contributed by atoms with Crippen molar-refractivity contribution in [3.8, 4) is 17.2 Å². The van der Waals surface area contributed by atoms with Crippen LogP contribution in [0.2, 0.25) is 0 Å². The van der Waals surface area contributed by atoms with Gasteiger partial charge >= 0.3 is 6.09 Å². The fourth-order valence-corrected chi connectivity index (χ4v) is 4.43. The highest BCUT2D eigenvalue weighted by atomic mass is 19.1. The third-order valence-corrected chi connectivity index (χ3v) is 6.42. The van der Waals surface area contributed by atoms with Gasteiger partial charge in [0, 0.05) is 31.2 Å². The van der Waals surface area contributed by atoms with Crippen LogP contribution < -0.4 is 19.5 Å². The monoisotopic (exact) mass is 517 g/mol. The van der Waals surface area contributed by atoms with Crippen molar-refractivity contribution in [3.63, 3.8) is 0 Å². The van der Waals surface area contributed by atoms with Crippen molar-refractivity contribution in [1.82, 2.24) is 9.47 Å². The first-order valence-corrected chi connectivity index (χ1v) is 12.5. The van der Waals surface area contributed by atoms with E-state index in [1.54, 1.807) is 35.2 Å². The molecule has 0 saturated heterocycles. The number of nitrogens with zero attached hydrogens (tertiary/aromatic N) is 2. The number of hydrogen-bond acceptors (Lipinski definition) is 5. The molecule has 4 aromatic rings. The molecule has 2 heterocycles. The van der Waals surface area contributed by atoms with Gasteiger partial charge in [-0.1, -0.05) is 24.3 Å². The Morgan fingerprint density at radius 1 is 1.05 bits per heavy atom. The Hall–Kier alpha value is -4.53. The van der Waals surface area contributed by atoms with Gasteiger partial charge in [-0.05, 0) is 61.9 Å². The summed E-state index contributed by atoms with van der Waals surface area (Å²) in [4.78, 5) is 27.6. The quantitative estimate of drug-likeness (QED) is 0.353. The Morgan fingerprint density at radius 2 is 1.84 bits per heavy atom. The lowest BCUT2D eigenvalue weighted by Gasteiger charge is -2.26. The number of nitrogens with one attached hydrogen (secondary N) is 1. The maximum atomic E-state index is 13.8. The van der Waals surface area contributed by atoms with Crippen molar-refractivity contribution in [1.29, 1.82) is 0 Å². The minimum Gasteiger partial charge on any atom is -0.485 e. The van der Waals surface area contributed by atoms with Gasteiger partial charge in [0.1, 0.15) is 12.4 Å². The van der Waals surface area contributed by atoms with Gasteiger partial charge in [-0.15, -0.1) is 0 Å². The van der Waals surface area contributed by atoms with Crippen LogP contribution in [0.15, 0.2) is 72.9 Å². The zero-order chi connectivity index (χ0) is 26.6. The van der Waals surface area contributed by atoms with E-state index in [1.807, 2.05) is 48.9 Å². The number of benzene rings is 3. The number of carbonyl (C=O) groups is 2. The molecular formula is C29H28FN3O5. The van der Waals surface area contributed by atoms with Crippen LogP contribution in [0.1, 0.15) is 19.4 Å². The van der Waals surface area contributed by atoms with Gasteiger partial charge in [0.25, 0.3) is 5.91 Å². The predicted molar refractivity (Wildman–Crippen MR) is 141 cm³/mol. The van der Waals surface area contributed by atoms with Crippen LogP contribution in [0.4, 0.5) is 14.9 Å². The van der Waals surface area contributed by atoms with Crippen LogP contribution in [0.25, 0.3) is 10.9 Å². The molecule has 1 aromatic heterocycles. The van der Waals surface area contributed by atoms with Crippen LogP contribution >= 0.6 is 0 Å². The number of carbonyl (C=O) groups excluding carboxylic acids is 2. The van der Waals surface area contributed by atoms with Gasteiger partial charge in [-0.3, -0.25) is 4.79 Å². The van der Waals surface area contributed by atoms with Gasteiger partial charge < -0.3 is 29.0 Å². The van der Waals surface area contributed by atoms with E-state index in [-0.39, 0.29) is 18.2 Å². The summed E-state index contributed by atoms with van der Waals surface area (Å²) in [6.07, 6.45) is 0.425. The van der Waals surface area contributed by atoms with Crippen molar-refractivity contribution in [2.24, 2.45) is 0 Å². The third kappa shape index (κ3) is 5.13. The Balaban J connectivity index is 1.47. The molecule has 0 saturated carbocycles. The van der Waals surface area contributed by atoms with Crippen molar-refractivity contribution >= 4 is 28.6 Å². The minimum absolute atomic E-state index is 0.0357. The maximum Gasteiger partial charge on any atom is 0.415 e. The molecule has 1 aliphatic rings. The third-order valence-electron chi connectivity index (χ3n) is 6.42. The van der Waals surface area contributed by atoms with Crippen LogP contribution in [0.3, 0.4) is 0 Å². The molecule has 38 heavy (non-hydrogen) atoms. The molecule has 196 valence electrons. The fraction of sp³-hybridized carbons (Fsp3) is 0.241. The molecule has 1 atom stereocenters. The molecule has 0 radical (unpaired) electrons. The molecule has 1 N–H and O–H groups in total. The number of hydrogen-bond donors (Lipinski definition) is 1. The average Bonchev–Trinajstić information content (AvgIpc) is 3.33. The number of anilines is 1. The van der Waals surface area contributed by atoms with Crippen LogP contribution in [0.5, 0.6) is 17.2 Å². The average molecular weight is 518 g/mol. The van der Waals surface area contributed by atoms with E-state index in [0.717, 1.165) is 11.1 Å². The lowest BCUT2D eigenvalue weighted by molar-refractivity contribution is -0.125. The summed E-state index contributed by atoms with van der Waals surface area (Å²) in [5.74, 6) is 0.510. The normalized spacial score (nSPS) is 14.2. The molecule has 5 rings (SSSR count). The predicted octanol–water partition coefficient (Wildman–Crippen LogP) is 5.45. The smallest absolute Gasteiger partial charge is 0.415 e. The first kappa shape index (κ1) is 25.1. The number of halogens is 1. The highest BCUT2D eigenvalue weighted by molar-refractivity contribution is 6.06. The molecule has 2 amide bonds. The first-order chi connectivity index (χ1) is 18.5. The highest BCUT2D eigenvalue weighted by Gasteiger charge is 2.29. The van der Waals surface area contributed by atoms with E-state index in [1.165, 1.54) is 12.1 Å². The Labute approximate surface area is 219 Å². The number of rotatable bonds is 7. The minimum atomic E-state index is -0.902. The van der Waals surface area contributed by atoms with E-state index in [9.17, 15) is 14.0 Å². The van der Waals surface area contributed by atoms with Gasteiger partial charge in [0.05, 0.1) is 11.2 Å². The zero-order valence-electron chi connectivity index (χ0n) is 21.1. The van der Waals surface area contributed by atoms with Crippen molar-refractivity contribution in [2.75, 3.05) is 25.0 Å². The number of para-hydroxylation sites is 2. The molecule has 1 aliphatic heterocycles. The first-order valence-electron chi connectivity index (χ1n) is 12.5. The lowest BCUT2D eigenvalue weighted by Crippen LogP contribution is -2.40. The second kappa shape index (κ2) is 10.8. The van der Waals surface area contributed by atoms with E-state index < -0.39 is 18.1 Å². The molecular weight excluding hydrogens is 489 g/mol. The van der Waals surface area contributed by atoms with E-state index in [0.29, 0.717) is 42.2 Å². The molecule has 3 aromatic carbocycles. The standard InChI is InChI=1S/C29H28FN3O5/c1-3-32(4-2)29(35)38-25-13-12-22-21(14-15-33(22)17-19-8-7-9-20(30)16-19)27(25)31-28(34)26-18-36-23-10-5-6-11-24(23)37-26/h5-16,26H,3-4,17-18H2,1-2H3,(H,31,34). The molecule has 9 heteroatoms. The molecule has 0 aliphatic carbocycles. The summed E-state index contributed by atoms with van der Waals surface area (Å²) < 4.78 is 33.0. The maximum absolute atomic E-state index is 13.8. The summed E-state index contributed by atoms with van der Waals surface area (Å²) in [6, 6.07) is 18.8. The summed E-state index contributed by atoms with van der Waals surface area (Å²) in [6.45, 7) is 5.15. The van der Waals surface area contributed by atoms with E-state index in [2.05, 4.69) is 5.32 Å². The number of fused-ring (bicyclic) bond motifs is 2. The summed E-state index contributed by atoms with van der Waals surface area (Å²) >= 11 is 0. The number of amides is 2.